The molecule has 0 spiro atoms. The summed E-state index contributed by atoms with van der Waals surface area (Å²) in [6.07, 6.45) is 0. The number of fused-ring (bicyclic) bond motifs is 7. The highest BCUT2D eigenvalue weighted by atomic mass is 14.4. The smallest absolute Gasteiger partial charge is 0.0165 e. The predicted molar refractivity (Wildman–Crippen MR) is 218 cm³/mol. The zero-order chi connectivity index (χ0) is 34.1. The van der Waals surface area contributed by atoms with E-state index in [0.717, 1.165) is 0 Å². The largest absolute Gasteiger partial charge is 0.0622 e. The first-order valence-corrected chi connectivity index (χ1v) is 17.9. The monoisotopic (exact) mass is 648 g/mol. The van der Waals surface area contributed by atoms with Crippen LogP contribution in [0.3, 0.4) is 0 Å². The van der Waals surface area contributed by atoms with E-state index in [-0.39, 0.29) is 5.41 Å². The van der Waals surface area contributed by atoms with Gasteiger partial charge in [-0.05, 0) is 117 Å². The van der Waals surface area contributed by atoms with Gasteiger partial charge < -0.3 is 0 Å². The molecule has 0 aliphatic heterocycles. The molecule has 0 aromatic heterocycles. The topological polar surface area (TPSA) is 0 Å². The van der Waals surface area contributed by atoms with Gasteiger partial charge in [0.2, 0.25) is 0 Å². The van der Waals surface area contributed by atoms with Gasteiger partial charge >= 0.3 is 0 Å². The summed E-state index contributed by atoms with van der Waals surface area (Å²) in [5.74, 6) is 0. The van der Waals surface area contributed by atoms with Crippen LogP contribution >= 0.6 is 0 Å². The first-order valence-electron chi connectivity index (χ1n) is 17.9. The van der Waals surface area contributed by atoms with Crippen LogP contribution in [-0.4, -0.2) is 0 Å². The molecule has 0 radical (unpaired) electrons. The van der Waals surface area contributed by atoms with Crippen molar-refractivity contribution in [2.45, 2.75) is 19.3 Å². The number of rotatable bonds is 4. The highest BCUT2D eigenvalue weighted by molar-refractivity contribution is 6.23. The molecule has 1 aliphatic rings. The van der Waals surface area contributed by atoms with Crippen LogP contribution in [0.25, 0.3) is 88.0 Å². The van der Waals surface area contributed by atoms with Crippen molar-refractivity contribution in [2.75, 3.05) is 0 Å². The first-order chi connectivity index (χ1) is 25.1. The zero-order valence-corrected chi connectivity index (χ0v) is 28.8. The molecule has 0 unspecified atom stereocenters. The Kier molecular flexibility index (Phi) is 6.63. The summed E-state index contributed by atoms with van der Waals surface area (Å²) in [5.41, 5.74) is 15.4. The Balaban J connectivity index is 1.30. The molecule has 0 saturated carbocycles. The molecule has 0 bridgehead atoms. The summed E-state index contributed by atoms with van der Waals surface area (Å²) in [6.45, 7) is 4.80. The molecule has 9 aromatic carbocycles. The fraction of sp³-hybridized carbons (Fsp3) is 0.0588. The molecule has 9 aromatic rings. The lowest BCUT2D eigenvalue weighted by atomic mass is 9.79. The van der Waals surface area contributed by atoms with Crippen molar-refractivity contribution in [1.82, 2.24) is 0 Å². The molecule has 0 heteroatoms. The van der Waals surface area contributed by atoms with E-state index in [1.165, 1.54) is 99.1 Å². The second kappa shape index (κ2) is 11.4. The maximum atomic E-state index is 2.40. The van der Waals surface area contributed by atoms with Crippen molar-refractivity contribution in [3.63, 3.8) is 0 Å². The van der Waals surface area contributed by atoms with Gasteiger partial charge in [-0.1, -0.05) is 178 Å². The molecular formula is C51H36. The molecule has 0 saturated heterocycles. The highest BCUT2D eigenvalue weighted by Crippen LogP contribution is 2.56. The third-order valence-corrected chi connectivity index (χ3v) is 11.2. The minimum Gasteiger partial charge on any atom is -0.0622 e. The van der Waals surface area contributed by atoms with Crippen molar-refractivity contribution in [1.29, 1.82) is 0 Å². The van der Waals surface area contributed by atoms with Crippen LogP contribution in [0.5, 0.6) is 0 Å². The Morgan fingerprint density at radius 3 is 1.39 bits per heavy atom. The van der Waals surface area contributed by atoms with Crippen LogP contribution in [-0.2, 0) is 5.41 Å². The first kappa shape index (κ1) is 29.7. The maximum Gasteiger partial charge on any atom is 0.0165 e. The fourth-order valence-corrected chi connectivity index (χ4v) is 8.96. The van der Waals surface area contributed by atoms with Crippen LogP contribution < -0.4 is 0 Å². The molecule has 10 rings (SSSR count). The van der Waals surface area contributed by atoms with E-state index in [2.05, 4.69) is 196 Å². The molecular weight excluding hydrogens is 613 g/mol. The minimum atomic E-state index is -0.126. The molecule has 51 heavy (non-hydrogen) atoms. The molecule has 1 aliphatic carbocycles. The van der Waals surface area contributed by atoms with Gasteiger partial charge in [0.05, 0.1) is 0 Å². The maximum absolute atomic E-state index is 2.40. The fourth-order valence-electron chi connectivity index (χ4n) is 8.96. The van der Waals surface area contributed by atoms with E-state index in [1.807, 2.05) is 0 Å². The predicted octanol–water partition coefficient (Wildman–Crippen LogP) is 14.1. The van der Waals surface area contributed by atoms with Gasteiger partial charge in [-0.15, -0.1) is 0 Å². The van der Waals surface area contributed by atoms with Gasteiger partial charge in [-0.3, -0.25) is 0 Å². The average Bonchev–Trinajstić information content (AvgIpc) is 3.44. The molecule has 0 N–H and O–H groups in total. The van der Waals surface area contributed by atoms with Gasteiger partial charge in [-0.25, -0.2) is 0 Å². The van der Waals surface area contributed by atoms with Gasteiger partial charge in [-0.2, -0.15) is 0 Å². The van der Waals surface area contributed by atoms with Crippen molar-refractivity contribution < 1.29 is 0 Å². The summed E-state index contributed by atoms with van der Waals surface area (Å²) < 4.78 is 0. The second-order valence-electron chi connectivity index (χ2n) is 14.4. The summed E-state index contributed by atoms with van der Waals surface area (Å²) in [7, 11) is 0. The summed E-state index contributed by atoms with van der Waals surface area (Å²) in [5, 5.41) is 7.73. The molecule has 0 nitrogen and oxygen atoms in total. The van der Waals surface area contributed by atoms with E-state index in [4.69, 9.17) is 0 Å². The van der Waals surface area contributed by atoms with Gasteiger partial charge in [0, 0.05) is 5.41 Å². The van der Waals surface area contributed by atoms with E-state index in [0.29, 0.717) is 0 Å². The summed E-state index contributed by atoms with van der Waals surface area (Å²) in [4.78, 5) is 0. The van der Waals surface area contributed by atoms with Crippen LogP contribution in [0.2, 0.25) is 0 Å². The second-order valence-corrected chi connectivity index (χ2v) is 14.4. The van der Waals surface area contributed by atoms with Crippen molar-refractivity contribution in [3.05, 3.63) is 193 Å². The normalized spacial score (nSPS) is 13.1. The summed E-state index contributed by atoms with van der Waals surface area (Å²) in [6, 6.07) is 67.3. The third-order valence-electron chi connectivity index (χ3n) is 11.2. The molecule has 0 heterocycles. The van der Waals surface area contributed by atoms with Crippen molar-refractivity contribution >= 4 is 32.3 Å². The Morgan fingerprint density at radius 1 is 0.314 bits per heavy atom. The number of hydrogen-bond donors (Lipinski definition) is 0. The summed E-state index contributed by atoms with van der Waals surface area (Å²) >= 11 is 0. The lowest BCUT2D eigenvalue weighted by molar-refractivity contribution is 0.666. The van der Waals surface area contributed by atoms with Crippen LogP contribution in [0, 0.1) is 0 Å². The molecule has 0 atom stereocenters. The Labute approximate surface area is 299 Å². The number of hydrogen-bond acceptors (Lipinski definition) is 0. The molecule has 0 amide bonds. The highest BCUT2D eigenvalue weighted by Gasteiger charge is 2.38. The Bertz CT molecular complexity index is 2690. The standard InChI is InChI=1S/C51H36/c1-51(2)46-27-15-26-44(49(46)45-29-28-35-20-9-10-21-39(35)50(45)51)48-42-24-13-11-22-40(42)47(41-23-12-14-25-43(41)48)38-31-36(33-16-5-3-6-17-33)30-37(32-38)34-18-7-4-8-19-34/h3-32H,1-2H3. The van der Waals surface area contributed by atoms with Crippen LogP contribution in [0.1, 0.15) is 25.0 Å². The lowest BCUT2D eigenvalue weighted by Crippen LogP contribution is -2.15. The zero-order valence-electron chi connectivity index (χ0n) is 28.8. The van der Waals surface area contributed by atoms with Gasteiger partial charge in [0.15, 0.2) is 0 Å². The number of benzene rings is 9. The molecule has 0 fully saturated rings. The lowest BCUT2D eigenvalue weighted by Gasteiger charge is -2.23. The third kappa shape index (κ3) is 4.53. The van der Waals surface area contributed by atoms with E-state index in [9.17, 15) is 0 Å². The average molecular weight is 649 g/mol. The quantitative estimate of drug-likeness (QED) is 0.167. The van der Waals surface area contributed by atoms with Crippen molar-refractivity contribution in [2.24, 2.45) is 0 Å². The van der Waals surface area contributed by atoms with E-state index in [1.54, 1.807) is 0 Å². The van der Waals surface area contributed by atoms with Crippen LogP contribution in [0.15, 0.2) is 182 Å². The van der Waals surface area contributed by atoms with E-state index >= 15 is 0 Å². The van der Waals surface area contributed by atoms with Gasteiger partial charge in [0.1, 0.15) is 0 Å². The van der Waals surface area contributed by atoms with Crippen LogP contribution in [0.4, 0.5) is 0 Å². The Morgan fingerprint density at radius 2 is 0.804 bits per heavy atom. The van der Waals surface area contributed by atoms with Gasteiger partial charge in [0.25, 0.3) is 0 Å². The molecule has 240 valence electrons. The van der Waals surface area contributed by atoms with E-state index < -0.39 is 0 Å². The van der Waals surface area contributed by atoms with Crippen molar-refractivity contribution in [3.8, 4) is 55.6 Å². The minimum absolute atomic E-state index is 0.126. The Hall–Kier alpha value is -6.24. The SMILES string of the molecule is CC1(C)c2cccc(-c3c4ccccc4c(-c4cc(-c5ccccc5)cc(-c5ccccc5)c4)c4ccccc34)c2-c2ccc3ccccc3c21.